The second-order valence-corrected chi connectivity index (χ2v) is 10.2. The summed E-state index contributed by atoms with van der Waals surface area (Å²) in [5.74, 6) is -0.907. The molecule has 3 amide bonds. The fourth-order valence-corrected chi connectivity index (χ4v) is 6.34. The van der Waals surface area contributed by atoms with E-state index in [0.29, 0.717) is 35.0 Å². The molecule has 1 saturated carbocycles. The number of carbonyl (C=O) groups is 4. The summed E-state index contributed by atoms with van der Waals surface area (Å²) in [6, 6.07) is 12.2. The molecule has 190 valence electrons. The SMILES string of the molecule is CCOc1ccccc1N1C[C@H](C(=O)Oc2ccc(N3C(=O)[C@@H]4[C@H](C3=O)[C@H]3C=C[C@H]4C3)c(C)c2)CC1=O. The smallest absolute Gasteiger partial charge is 0.316 e. The predicted molar refractivity (Wildman–Crippen MR) is 135 cm³/mol. The molecule has 2 aliphatic carbocycles. The molecule has 2 bridgehead atoms. The minimum Gasteiger partial charge on any atom is -0.492 e. The van der Waals surface area contributed by atoms with Crippen molar-refractivity contribution in [2.45, 2.75) is 26.7 Å². The van der Waals surface area contributed by atoms with Crippen molar-refractivity contribution in [1.82, 2.24) is 0 Å². The van der Waals surface area contributed by atoms with Crippen molar-refractivity contribution in [2.75, 3.05) is 23.0 Å². The molecule has 2 aromatic rings. The molecule has 0 unspecified atom stereocenters. The van der Waals surface area contributed by atoms with Crippen LogP contribution in [0.4, 0.5) is 11.4 Å². The summed E-state index contributed by atoms with van der Waals surface area (Å²) in [7, 11) is 0. The van der Waals surface area contributed by atoms with Crippen LogP contribution in [0.2, 0.25) is 0 Å². The van der Waals surface area contributed by atoms with Crippen molar-refractivity contribution in [3.63, 3.8) is 0 Å². The first kappa shape index (κ1) is 23.5. The molecule has 0 aromatic heterocycles. The van der Waals surface area contributed by atoms with Gasteiger partial charge in [-0.25, -0.2) is 4.90 Å². The second kappa shape index (κ2) is 8.87. The van der Waals surface area contributed by atoms with Crippen LogP contribution in [0.1, 0.15) is 25.3 Å². The van der Waals surface area contributed by atoms with Crippen molar-refractivity contribution in [1.29, 1.82) is 0 Å². The first-order valence-corrected chi connectivity index (χ1v) is 12.8. The molecule has 0 N–H and O–H groups in total. The number of carbonyl (C=O) groups excluding carboxylic acids is 4. The number of allylic oxidation sites excluding steroid dienone is 2. The number of amides is 3. The maximum Gasteiger partial charge on any atom is 0.316 e. The highest BCUT2D eigenvalue weighted by Crippen LogP contribution is 2.53. The molecule has 37 heavy (non-hydrogen) atoms. The van der Waals surface area contributed by atoms with Crippen molar-refractivity contribution in [3.8, 4) is 11.5 Å². The molecule has 2 heterocycles. The Hall–Kier alpha value is -3.94. The highest BCUT2D eigenvalue weighted by atomic mass is 16.5. The Balaban J connectivity index is 1.15. The van der Waals surface area contributed by atoms with E-state index in [2.05, 4.69) is 12.2 Å². The molecule has 2 saturated heterocycles. The number of aryl methyl sites for hydroxylation is 1. The minimum atomic E-state index is -0.619. The lowest BCUT2D eigenvalue weighted by Crippen LogP contribution is -2.33. The highest BCUT2D eigenvalue weighted by molar-refractivity contribution is 6.23. The van der Waals surface area contributed by atoms with Gasteiger partial charge < -0.3 is 14.4 Å². The number of nitrogens with zero attached hydrogens (tertiary/aromatic N) is 2. The fourth-order valence-electron chi connectivity index (χ4n) is 6.34. The number of esters is 1. The zero-order valence-electron chi connectivity index (χ0n) is 20.8. The van der Waals surface area contributed by atoms with Crippen LogP contribution in [0.5, 0.6) is 11.5 Å². The van der Waals surface area contributed by atoms with E-state index in [1.807, 2.05) is 19.1 Å². The Morgan fingerprint density at radius 2 is 1.68 bits per heavy atom. The fraction of sp³-hybridized carbons (Fsp3) is 0.379. The van der Waals surface area contributed by atoms with Gasteiger partial charge in [-0.15, -0.1) is 0 Å². The quantitative estimate of drug-likeness (QED) is 0.260. The molecule has 4 aliphatic rings. The lowest BCUT2D eigenvalue weighted by Gasteiger charge is -2.20. The molecule has 2 aliphatic heterocycles. The second-order valence-electron chi connectivity index (χ2n) is 10.2. The summed E-state index contributed by atoms with van der Waals surface area (Å²) < 4.78 is 11.3. The van der Waals surface area contributed by atoms with Crippen LogP contribution in [0.15, 0.2) is 54.6 Å². The average molecular weight is 501 g/mol. The van der Waals surface area contributed by atoms with Crippen LogP contribution in [0.3, 0.4) is 0 Å². The Bertz CT molecular complexity index is 1320. The van der Waals surface area contributed by atoms with Crippen molar-refractivity contribution in [2.24, 2.45) is 29.6 Å². The third-order valence-electron chi connectivity index (χ3n) is 8.01. The molecule has 6 rings (SSSR count). The summed E-state index contributed by atoms with van der Waals surface area (Å²) >= 11 is 0. The van der Waals surface area contributed by atoms with E-state index in [4.69, 9.17) is 9.47 Å². The molecule has 2 aromatic carbocycles. The van der Waals surface area contributed by atoms with E-state index in [1.165, 1.54) is 4.90 Å². The summed E-state index contributed by atoms with van der Waals surface area (Å²) in [6.07, 6.45) is 5.07. The van der Waals surface area contributed by atoms with Gasteiger partial charge in [0.25, 0.3) is 0 Å². The largest absolute Gasteiger partial charge is 0.492 e. The van der Waals surface area contributed by atoms with Gasteiger partial charge in [0.05, 0.1) is 35.7 Å². The lowest BCUT2D eigenvalue weighted by molar-refractivity contribution is -0.139. The van der Waals surface area contributed by atoms with Crippen LogP contribution in [0.25, 0.3) is 0 Å². The summed E-state index contributed by atoms with van der Waals surface area (Å²) in [4.78, 5) is 54.9. The summed E-state index contributed by atoms with van der Waals surface area (Å²) in [6.45, 7) is 4.33. The molecule has 8 heteroatoms. The van der Waals surface area contributed by atoms with Gasteiger partial charge in [-0.2, -0.15) is 0 Å². The maximum absolute atomic E-state index is 13.2. The van der Waals surface area contributed by atoms with Crippen LogP contribution in [0, 0.1) is 36.5 Å². The molecule has 0 radical (unpaired) electrons. The number of ether oxygens (including phenoxy) is 2. The van der Waals surface area contributed by atoms with E-state index in [0.717, 1.165) is 6.42 Å². The van der Waals surface area contributed by atoms with Gasteiger partial charge >= 0.3 is 5.97 Å². The van der Waals surface area contributed by atoms with Crippen LogP contribution in [-0.2, 0) is 19.2 Å². The standard InChI is InChI=1S/C29H28N2O6/c1-3-36-23-7-5-4-6-22(23)30-15-19(14-24(30)32)29(35)37-20-10-11-21(16(2)12-20)31-27(33)25-17-8-9-18(13-17)26(25)28(31)34/h4-12,17-19,25-26H,3,13-15H2,1-2H3/t17-,18-,19+,25-,26+/m0/s1. The Kier molecular flexibility index (Phi) is 5.62. The normalized spacial score (nSPS) is 27.8. The maximum atomic E-state index is 13.2. The molecular weight excluding hydrogens is 472 g/mol. The van der Waals surface area contributed by atoms with E-state index >= 15 is 0 Å². The van der Waals surface area contributed by atoms with E-state index < -0.39 is 11.9 Å². The number of benzene rings is 2. The minimum absolute atomic E-state index is 0.0479. The first-order valence-electron chi connectivity index (χ1n) is 12.8. The van der Waals surface area contributed by atoms with Crippen molar-refractivity contribution < 1.29 is 28.7 Å². The molecule has 0 spiro atoms. The van der Waals surface area contributed by atoms with E-state index in [1.54, 1.807) is 42.2 Å². The third-order valence-corrected chi connectivity index (χ3v) is 8.01. The number of hydrogen-bond acceptors (Lipinski definition) is 6. The van der Waals surface area contributed by atoms with Gasteiger partial charge in [0.2, 0.25) is 17.7 Å². The number of anilines is 2. The zero-order chi connectivity index (χ0) is 25.8. The topological polar surface area (TPSA) is 93.2 Å². The highest BCUT2D eigenvalue weighted by Gasteiger charge is 2.59. The van der Waals surface area contributed by atoms with Gasteiger partial charge in [-0.1, -0.05) is 24.3 Å². The summed E-state index contributed by atoms with van der Waals surface area (Å²) in [5.41, 5.74) is 1.83. The zero-order valence-corrected chi connectivity index (χ0v) is 20.8. The van der Waals surface area contributed by atoms with Crippen LogP contribution < -0.4 is 19.3 Å². The monoisotopic (exact) mass is 500 g/mol. The van der Waals surface area contributed by atoms with Crippen LogP contribution >= 0.6 is 0 Å². The molecule has 3 fully saturated rings. The third kappa shape index (κ3) is 3.74. The van der Waals surface area contributed by atoms with Gasteiger partial charge in [0, 0.05) is 13.0 Å². The van der Waals surface area contributed by atoms with Crippen molar-refractivity contribution >= 4 is 35.1 Å². The first-order chi connectivity index (χ1) is 17.9. The number of fused-ring (bicyclic) bond motifs is 5. The van der Waals surface area contributed by atoms with Gasteiger partial charge in [-0.05, 0) is 68.0 Å². The van der Waals surface area contributed by atoms with Gasteiger partial charge in [0.1, 0.15) is 11.5 Å². The van der Waals surface area contributed by atoms with Crippen molar-refractivity contribution in [3.05, 3.63) is 60.2 Å². The van der Waals surface area contributed by atoms with Gasteiger partial charge in [-0.3, -0.25) is 19.2 Å². The number of rotatable bonds is 6. The molecule has 8 nitrogen and oxygen atoms in total. The van der Waals surface area contributed by atoms with E-state index in [-0.39, 0.29) is 54.4 Å². The number of hydrogen-bond donors (Lipinski definition) is 0. The number of para-hydroxylation sites is 2. The average Bonchev–Trinajstić information content (AvgIpc) is 3.64. The predicted octanol–water partition coefficient (Wildman–Crippen LogP) is 3.66. The van der Waals surface area contributed by atoms with E-state index in [9.17, 15) is 19.2 Å². The Morgan fingerprint density at radius 1 is 0.973 bits per heavy atom. The molecule has 5 atom stereocenters. The van der Waals surface area contributed by atoms with Crippen LogP contribution in [-0.4, -0.2) is 36.8 Å². The Morgan fingerprint density at radius 3 is 2.35 bits per heavy atom. The summed E-state index contributed by atoms with van der Waals surface area (Å²) in [5, 5.41) is 0. The number of imide groups is 1. The Labute approximate surface area is 214 Å². The lowest BCUT2D eigenvalue weighted by atomic mass is 9.85. The molecular formula is C29H28N2O6. The van der Waals surface area contributed by atoms with Gasteiger partial charge in [0.15, 0.2) is 0 Å².